The van der Waals surface area contributed by atoms with E-state index >= 15 is 0 Å². The minimum Gasteiger partial charge on any atom is -0.467 e. The third-order valence-electron chi connectivity index (χ3n) is 2.94. The average molecular weight is 293 g/mol. The quantitative estimate of drug-likeness (QED) is 0.346. The van der Waals surface area contributed by atoms with Crippen LogP contribution in [-0.2, 0) is 9.53 Å². The zero-order chi connectivity index (χ0) is 15.4. The van der Waals surface area contributed by atoms with Crippen molar-refractivity contribution in [3.63, 3.8) is 0 Å². The van der Waals surface area contributed by atoms with Crippen LogP contribution in [0.25, 0.3) is 11.0 Å². The summed E-state index contributed by atoms with van der Waals surface area (Å²) in [4.78, 5) is 20.2. The van der Waals surface area contributed by atoms with Gasteiger partial charge in [0.05, 0.1) is 18.7 Å². The molecule has 0 saturated carbocycles. The fraction of sp³-hybridized carbons (Fsp3) is 0.500. The molecule has 0 fully saturated rings. The summed E-state index contributed by atoms with van der Waals surface area (Å²) in [6, 6.07) is -0.506. The number of nitrogens with zero attached hydrogens (tertiary/aromatic N) is 3. The molecule has 0 spiro atoms. The minimum atomic E-state index is -0.506. The molecule has 0 aliphatic heterocycles. The lowest BCUT2D eigenvalue weighted by molar-refractivity contribution is -0.141. The number of carbonyl (C=O) groups is 1. The van der Waals surface area contributed by atoms with Gasteiger partial charge in [-0.15, -0.1) is 0 Å². The van der Waals surface area contributed by atoms with Gasteiger partial charge in [-0.25, -0.2) is 10.6 Å². The third kappa shape index (κ3) is 3.37. The predicted octanol–water partition coefficient (Wildman–Crippen LogP) is 0.638. The van der Waals surface area contributed by atoms with Crippen molar-refractivity contribution in [2.45, 2.75) is 26.3 Å². The predicted molar refractivity (Wildman–Crippen MR) is 78.4 cm³/mol. The molecule has 0 radical (unpaired) electrons. The number of methoxy groups -OCH3 is 1. The minimum absolute atomic E-state index is 0.224. The van der Waals surface area contributed by atoms with Crippen LogP contribution in [0.15, 0.2) is 6.20 Å². The molecule has 2 aromatic rings. The van der Waals surface area contributed by atoms with E-state index in [1.54, 1.807) is 6.20 Å². The number of nitrogen functional groups attached to an aromatic ring is 1. The maximum Gasteiger partial charge on any atom is 0.328 e. The second-order valence-corrected chi connectivity index (χ2v) is 5.02. The van der Waals surface area contributed by atoms with Crippen LogP contribution in [0.5, 0.6) is 0 Å². The number of aromatic nitrogens is 4. The van der Waals surface area contributed by atoms with E-state index in [1.807, 2.05) is 13.8 Å². The Hall–Kier alpha value is -2.42. The van der Waals surface area contributed by atoms with Crippen LogP contribution in [-0.4, -0.2) is 39.3 Å². The van der Waals surface area contributed by atoms with Crippen LogP contribution in [0.2, 0.25) is 0 Å². The van der Waals surface area contributed by atoms with Crippen molar-refractivity contribution in [2.24, 2.45) is 11.8 Å². The van der Waals surface area contributed by atoms with Gasteiger partial charge >= 0.3 is 5.97 Å². The Balaban J connectivity index is 2.35. The summed E-state index contributed by atoms with van der Waals surface area (Å²) in [7, 11) is 1.36. The van der Waals surface area contributed by atoms with E-state index in [0.29, 0.717) is 29.2 Å². The zero-order valence-electron chi connectivity index (χ0n) is 12.2. The van der Waals surface area contributed by atoms with Gasteiger partial charge in [-0.05, 0) is 12.3 Å². The van der Waals surface area contributed by atoms with Gasteiger partial charge in [0.15, 0.2) is 5.65 Å². The number of carbonyl (C=O) groups excluding carboxylic acids is 1. The molecule has 0 aromatic carbocycles. The lowest BCUT2D eigenvalue weighted by Crippen LogP contribution is -2.32. The van der Waals surface area contributed by atoms with Crippen LogP contribution >= 0.6 is 0 Å². The average Bonchev–Trinajstić information content (AvgIpc) is 2.93. The van der Waals surface area contributed by atoms with E-state index in [9.17, 15) is 4.79 Å². The summed E-state index contributed by atoms with van der Waals surface area (Å²) in [6.45, 7) is 4.05. The first kappa shape index (κ1) is 15.0. The molecule has 9 nitrogen and oxygen atoms in total. The number of nitrogens with two attached hydrogens (primary N) is 1. The molecule has 2 rings (SSSR count). The number of anilines is 2. The maximum absolute atomic E-state index is 11.9. The fourth-order valence-corrected chi connectivity index (χ4v) is 2.00. The maximum atomic E-state index is 11.9. The van der Waals surface area contributed by atoms with Crippen LogP contribution in [0, 0.1) is 5.92 Å². The van der Waals surface area contributed by atoms with Crippen LogP contribution in [0.4, 0.5) is 11.8 Å². The standard InChI is InChI=1S/C12H19N7O2/c1-6(2)4-8(11(20)21-3)15-9-7-5-14-19-10(7)17-12(16-9)18-13/h5-6,8H,4,13H2,1-3H3,(H3,14,15,16,17,18,19). The molecule has 9 heteroatoms. The van der Waals surface area contributed by atoms with Crippen molar-refractivity contribution in [3.05, 3.63) is 6.20 Å². The lowest BCUT2D eigenvalue weighted by atomic mass is 10.0. The van der Waals surface area contributed by atoms with E-state index in [1.165, 1.54) is 7.11 Å². The first-order chi connectivity index (χ1) is 10.0. The zero-order valence-corrected chi connectivity index (χ0v) is 12.2. The Morgan fingerprint density at radius 2 is 2.24 bits per heavy atom. The second kappa shape index (κ2) is 6.35. The highest BCUT2D eigenvalue weighted by molar-refractivity contribution is 5.89. The smallest absolute Gasteiger partial charge is 0.328 e. The van der Waals surface area contributed by atoms with Gasteiger partial charge in [0, 0.05) is 0 Å². The van der Waals surface area contributed by atoms with E-state index in [4.69, 9.17) is 10.6 Å². The van der Waals surface area contributed by atoms with Crippen LogP contribution in [0.3, 0.4) is 0 Å². The number of rotatable bonds is 6. The van der Waals surface area contributed by atoms with Gasteiger partial charge in [0.2, 0.25) is 5.95 Å². The van der Waals surface area contributed by atoms with Crippen molar-refractivity contribution in [2.75, 3.05) is 17.9 Å². The summed E-state index contributed by atoms with van der Waals surface area (Å²) in [6.07, 6.45) is 2.20. The highest BCUT2D eigenvalue weighted by Gasteiger charge is 2.22. The van der Waals surface area contributed by atoms with Crippen molar-refractivity contribution in [3.8, 4) is 0 Å². The number of aromatic amines is 1. The molecule has 5 N–H and O–H groups in total. The normalized spacial score (nSPS) is 12.4. The van der Waals surface area contributed by atoms with Gasteiger partial charge in [-0.2, -0.15) is 15.1 Å². The molecular weight excluding hydrogens is 274 g/mol. The molecule has 2 aromatic heterocycles. The highest BCUT2D eigenvalue weighted by Crippen LogP contribution is 2.22. The molecule has 0 saturated heterocycles. The first-order valence-corrected chi connectivity index (χ1v) is 6.57. The Bertz CT molecular complexity index is 625. The molecule has 0 amide bonds. The van der Waals surface area contributed by atoms with E-state index in [-0.39, 0.29) is 11.9 Å². The van der Waals surface area contributed by atoms with Crippen molar-refractivity contribution >= 4 is 28.8 Å². The molecule has 0 aliphatic carbocycles. The monoisotopic (exact) mass is 293 g/mol. The number of hydrazine groups is 1. The summed E-state index contributed by atoms with van der Waals surface area (Å²) >= 11 is 0. The Morgan fingerprint density at radius 1 is 1.48 bits per heavy atom. The number of H-pyrrole nitrogens is 1. The van der Waals surface area contributed by atoms with Crippen molar-refractivity contribution < 1.29 is 9.53 Å². The molecule has 1 atom stereocenters. The Kier molecular flexibility index (Phi) is 4.53. The van der Waals surface area contributed by atoms with E-state index in [2.05, 4.69) is 30.9 Å². The molecule has 21 heavy (non-hydrogen) atoms. The number of nitrogens with one attached hydrogen (secondary N) is 3. The molecular formula is C12H19N7O2. The molecule has 2 heterocycles. The summed E-state index contributed by atoms with van der Waals surface area (Å²) < 4.78 is 4.83. The summed E-state index contributed by atoms with van der Waals surface area (Å²) in [5, 5.41) is 10.4. The SMILES string of the molecule is COC(=O)C(CC(C)C)Nc1nc(NN)nc2[nH]ncc12. The Labute approximate surface area is 121 Å². The van der Waals surface area contributed by atoms with Gasteiger partial charge in [0.25, 0.3) is 0 Å². The topological polar surface area (TPSA) is 131 Å². The number of fused-ring (bicyclic) bond motifs is 1. The van der Waals surface area contributed by atoms with Crippen molar-refractivity contribution in [1.82, 2.24) is 20.2 Å². The molecule has 0 aliphatic rings. The van der Waals surface area contributed by atoms with Crippen LogP contribution in [0.1, 0.15) is 20.3 Å². The van der Waals surface area contributed by atoms with Crippen LogP contribution < -0.4 is 16.6 Å². The Morgan fingerprint density at radius 3 is 2.86 bits per heavy atom. The van der Waals surface area contributed by atoms with Gasteiger partial charge < -0.3 is 10.1 Å². The number of hydrogen-bond acceptors (Lipinski definition) is 8. The largest absolute Gasteiger partial charge is 0.467 e. The number of hydrogen-bond donors (Lipinski definition) is 4. The summed E-state index contributed by atoms with van der Waals surface area (Å²) in [5.41, 5.74) is 2.90. The molecule has 0 bridgehead atoms. The van der Waals surface area contributed by atoms with Crippen molar-refractivity contribution in [1.29, 1.82) is 0 Å². The van der Waals surface area contributed by atoms with E-state index in [0.717, 1.165) is 0 Å². The third-order valence-corrected chi connectivity index (χ3v) is 2.94. The fourth-order valence-electron chi connectivity index (χ4n) is 2.00. The van der Waals surface area contributed by atoms with Gasteiger partial charge in [-0.3, -0.25) is 10.5 Å². The lowest BCUT2D eigenvalue weighted by Gasteiger charge is -2.19. The molecule has 1 unspecified atom stereocenters. The number of ether oxygens (including phenoxy) is 1. The first-order valence-electron chi connectivity index (χ1n) is 6.57. The summed E-state index contributed by atoms with van der Waals surface area (Å²) in [5.74, 6) is 6.01. The highest BCUT2D eigenvalue weighted by atomic mass is 16.5. The van der Waals surface area contributed by atoms with Gasteiger partial charge in [0.1, 0.15) is 11.9 Å². The molecule has 114 valence electrons. The number of esters is 1. The van der Waals surface area contributed by atoms with Gasteiger partial charge in [-0.1, -0.05) is 13.8 Å². The van der Waals surface area contributed by atoms with E-state index < -0.39 is 6.04 Å². The second-order valence-electron chi connectivity index (χ2n) is 5.02.